The van der Waals surface area contributed by atoms with Crippen molar-refractivity contribution in [2.45, 2.75) is 6.92 Å². The lowest BCUT2D eigenvalue weighted by Gasteiger charge is -2.12. The van der Waals surface area contributed by atoms with Crippen LogP contribution in [0.3, 0.4) is 0 Å². The van der Waals surface area contributed by atoms with E-state index >= 15 is 0 Å². The average molecular weight is 262 g/mol. The molecule has 0 bridgehead atoms. The van der Waals surface area contributed by atoms with Gasteiger partial charge in [-0.1, -0.05) is 18.5 Å². The number of hydrogen-bond acceptors (Lipinski definition) is 4. The summed E-state index contributed by atoms with van der Waals surface area (Å²) >= 11 is 5.67. The van der Waals surface area contributed by atoms with Crippen LogP contribution in [0.2, 0.25) is 5.15 Å². The van der Waals surface area contributed by atoms with Crippen molar-refractivity contribution < 1.29 is 18.7 Å². The normalized spacial score (nSPS) is 12.0. The van der Waals surface area contributed by atoms with Gasteiger partial charge in [-0.2, -0.15) is 0 Å². The molecular weight excluding hydrogens is 249 g/mol. The van der Waals surface area contributed by atoms with Crippen LogP contribution in [-0.2, 0) is 4.74 Å². The maximum atomic E-state index is 12.3. The Kier molecular flexibility index (Phi) is 5.15. The van der Waals surface area contributed by atoms with E-state index < -0.39 is 12.6 Å². The molecule has 1 atom stereocenters. The predicted molar refractivity (Wildman–Crippen MR) is 61.2 cm³/mol. The van der Waals surface area contributed by atoms with E-state index in [0.29, 0.717) is 0 Å². The summed E-state index contributed by atoms with van der Waals surface area (Å²) in [6, 6.07) is 3.00. The number of carbonyl (C=O) groups is 1. The summed E-state index contributed by atoms with van der Waals surface area (Å²) in [6.45, 7) is 1.36. The van der Waals surface area contributed by atoms with Crippen LogP contribution >= 0.6 is 11.6 Å². The second-order valence-corrected chi connectivity index (χ2v) is 3.93. The lowest BCUT2D eigenvalue weighted by Crippen LogP contribution is -2.14. The number of carbonyl (C=O) groups excluding carboxylic acids is 1. The van der Waals surface area contributed by atoms with Crippen LogP contribution in [0.5, 0.6) is 5.75 Å². The first-order valence-electron chi connectivity index (χ1n) is 5.02. The molecule has 1 rings (SSSR count). The molecule has 1 aromatic rings. The highest BCUT2D eigenvalue weighted by molar-refractivity contribution is 6.29. The molecule has 0 aliphatic carbocycles. The zero-order valence-corrected chi connectivity index (χ0v) is 10.3. The number of hydrogen-bond donors (Lipinski definition) is 0. The van der Waals surface area contributed by atoms with Crippen LogP contribution in [0.4, 0.5) is 4.39 Å². The number of ether oxygens (including phenoxy) is 2. The largest absolute Gasteiger partial charge is 0.491 e. The van der Waals surface area contributed by atoms with Crippen molar-refractivity contribution in [3.63, 3.8) is 0 Å². The van der Waals surface area contributed by atoms with E-state index in [0.717, 1.165) is 0 Å². The van der Waals surface area contributed by atoms with Gasteiger partial charge in [0.05, 0.1) is 20.4 Å². The zero-order chi connectivity index (χ0) is 12.8. The Labute approximate surface area is 104 Å². The molecule has 0 saturated carbocycles. The fourth-order valence-corrected chi connectivity index (χ4v) is 1.21. The Morgan fingerprint density at radius 1 is 1.59 bits per heavy atom. The summed E-state index contributed by atoms with van der Waals surface area (Å²) in [5.41, 5.74) is -0.00828. The van der Waals surface area contributed by atoms with Crippen molar-refractivity contribution in [2.75, 3.05) is 20.4 Å². The molecule has 0 radical (unpaired) electrons. The second-order valence-electron chi connectivity index (χ2n) is 3.54. The fourth-order valence-electron chi connectivity index (χ4n) is 1.06. The summed E-state index contributed by atoms with van der Waals surface area (Å²) < 4.78 is 22.1. The number of halogens is 2. The van der Waals surface area contributed by atoms with E-state index in [2.05, 4.69) is 9.72 Å². The first kappa shape index (κ1) is 13.7. The number of aromatic nitrogens is 1. The molecule has 94 valence electrons. The summed E-state index contributed by atoms with van der Waals surface area (Å²) in [6.07, 6.45) is 0. The van der Waals surface area contributed by atoms with E-state index in [1.807, 2.05) is 0 Å². The van der Waals surface area contributed by atoms with Gasteiger partial charge in [-0.05, 0) is 12.1 Å². The smallest absolute Gasteiger partial charge is 0.360 e. The molecule has 0 aliphatic rings. The molecule has 0 N–H and O–H groups in total. The number of methoxy groups -OCH3 is 1. The predicted octanol–water partition coefficient (Wildman–Crippen LogP) is 2.51. The third-order valence-electron chi connectivity index (χ3n) is 1.99. The highest BCUT2D eigenvalue weighted by Gasteiger charge is 2.16. The summed E-state index contributed by atoms with van der Waals surface area (Å²) in [7, 11) is 1.24. The first-order valence-corrected chi connectivity index (χ1v) is 5.40. The fraction of sp³-hybridized carbons (Fsp3) is 0.455. The summed E-state index contributed by atoms with van der Waals surface area (Å²) in [4.78, 5) is 15.2. The molecule has 0 spiro atoms. The van der Waals surface area contributed by atoms with Gasteiger partial charge in [0.25, 0.3) is 0 Å². The number of nitrogens with zero attached hydrogens (tertiary/aromatic N) is 1. The Morgan fingerprint density at radius 3 is 2.88 bits per heavy atom. The minimum atomic E-state index is -0.643. The topological polar surface area (TPSA) is 48.4 Å². The lowest BCUT2D eigenvalue weighted by molar-refractivity contribution is 0.0587. The molecule has 1 aromatic heterocycles. The second kappa shape index (κ2) is 6.39. The Bertz CT molecular complexity index is 400. The van der Waals surface area contributed by atoms with Crippen LogP contribution < -0.4 is 4.74 Å². The molecule has 0 saturated heterocycles. The van der Waals surface area contributed by atoms with Gasteiger partial charge in [0.1, 0.15) is 5.15 Å². The lowest BCUT2D eigenvalue weighted by atomic mass is 10.2. The van der Waals surface area contributed by atoms with Gasteiger partial charge in [0.2, 0.25) is 0 Å². The van der Waals surface area contributed by atoms with Gasteiger partial charge in [-0.3, -0.25) is 4.39 Å². The molecule has 0 fully saturated rings. The molecule has 17 heavy (non-hydrogen) atoms. The minimum Gasteiger partial charge on any atom is -0.491 e. The Hall–Kier alpha value is -1.36. The summed E-state index contributed by atoms with van der Waals surface area (Å²) in [5, 5.41) is 0.163. The van der Waals surface area contributed by atoms with Crippen LogP contribution in [0.1, 0.15) is 17.4 Å². The third kappa shape index (κ3) is 3.85. The van der Waals surface area contributed by atoms with Crippen molar-refractivity contribution in [1.29, 1.82) is 0 Å². The number of esters is 1. The molecule has 4 nitrogen and oxygen atoms in total. The number of rotatable bonds is 5. The van der Waals surface area contributed by atoms with Gasteiger partial charge in [-0.25, -0.2) is 9.78 Å². The average Bonchev–Trinajstić information content (AvgIpc) is 2.35. The van der Waals surface area contributed by atoms with E-state index in [1.165, 1.54) is 19.2 Å². The van der Waals surface area contributed by atoms with Crippen molar-refractivity contribution in [3.05, 3.63) is 23.0 Å². The van der Waals surface area contributed by atoms with E-state index in [4.69, 9.17) is 16.3 Å². The number of pyridine rings is 1. The third-order valence-corrected chi connectivity index (χ3v) is 2.20. The Balaban J connectivity index is 2.86. The quantitative estimate of drug-likeness (QED) is 0.604. The molecule has 0 aliphatic heterocycles. The van der Waals surface area contributed by atoms with Crippen molar-refractivity contribution in [1.82, 2.24) is 4.98 Å². The van der Waals surface area contributed by atoms with Crippen LogP contribution in [0, 0.1) is 5.92 Å². The van der Waals surface area contributed by atoms with Crippen LogP contribution in [-0.4, -0.2) is 31.3 Å². The van der Waals surface area contributed by atoms with Gasteiger partial charge < -0.3 is 9.47 Å². The Morgan fingerprint density at radius 2 is 2.29 bits per heavy atom. The molecule has 0 amide bonds. The highest BCUT2D eigenvalue weighted by atomic mass is 35.5. The SMILES string of the molecule is COC(=O)c1nc(Cl)ccc1OCC(C)CF. The summed E-state index contributed by atoms with van der Waals surface area (Å²) in [5.74, 6) is -0.659. The van der Waals surface area contributed by atoms with E-state index in [1.54, 1.807) is 6.92 Å². The highest BCUT2D eigenvalue weighted by Crippen LogP contribution is 2.20. The molecule has 0 aromatic carbocycles. The van der Waals surface area contributed by atoms with Crippen LogP contribution in [0.25, 0.3) is 0 Å². The van der Waals surface area contributed by atoms with E-state index in [9.17, 15) is 9.18 Å². The minimum absolute atomic E-state index is 0.00828. The van der Waals surface area contributed by atoms with E-state index in [-0.39, 0.29) is 29.1 Å². The zero-order valence-electron chi connectivity index (χ0n) is 9.57. The molecule has 1 unspecified atom stereocenters. The molecule has 6 heteroatoms. The van der Waals surface area contributed by atoms with Gasteiger partial charge in [-0.15, -0.1) is 0 Å². The number of alkyl halides is 1. The molecule has 1 heterocycles. The van der Waals surface area contributed by atoms with Gasteiger partial charge in [0, 0.05) is 5.92 Å². The van der Waals surface area contributed by atoms with Crippen molar-refractivity contribution in [2.24, 2.45) is 5.92 Å². The van der Waals surface area contributed by atoms with Crippen molar-refractivity contribution in [3.8, 4) is 5.75 Å². The maximum Gasteiger partial charge on any atom is 0.360 e. The maximum absolute atomic E-state index is 12.3. The molecular formula is C11H13ClFNO3. The first-order chi connectivity index (χ1) is 8.08. The monoisotopic (exact) mass is 261 g/mol. The van der Waals surface area contributed by atoms with Crippen LogP contribution in [0.15, 0.2) is 12.1 Å². The van der Waals surface area contributed by atoms with Gasteiger partial charge >= 0.3 is 5.97 Å². The van der Waals surface area contributed by atoms with Gasteiger partial charge in [0.15, 0.2) is 11.4 Å². The standard InChI is InChI=1S/C11H13ClFNO3/c1-7(5-13)6-17-8-3-4-9(12)14-10(8)11(15)16-2/h3-4,7H,5-6H2,1-2H3. The van der Waals surface area contributed by atoms with Crippen molar-refractivity contribution >= 4 is 17.6 Å².